The Labute approximate surface area is 125 Å². The molecule has 0 aliphatic heterocycles. The second-order valence-electron chi connectivity index (χ2n) is 5.84. The predicted molar refractivity (Wildman–Crippen MR) is 85.5 cm³/mol. The van der Waals surface area contributed by atoms with Gasteiger partial charge in [-0.3, -0.25) is 4.79 Å². The average molecular weight is 279 g/mol. The first-order chi connectivity index (χ1) is 9.81. The van der Waals surface area contributed by atoms with Crippen LogP contribution in [0.2, 0.25) is 0 Å². The smallest absolute Gasteiger partial charge is 0.132 e. The molecule has 0 fully saturated rings. The average Bonchev–Trinajstić information content (AvgIpc) is 2.45. The van der Waals surface area contributed by atoms with Crippen LogP contribution in [0, 0.1) is 11.3 Å². The quantitative estimate of drug-likeness (QED) is 0.347. The Hall–Kier alpha value is -0.840. The lowest BCUT2D eigenvalue weighted by Crippen LogP contribution is -1.97. The summed E-state index contributed by atoms with van der Waals surface area (Å²) in [5, 5.41) is 8.41. The van der Waals surface area contributed by atoms with Gasteiger partial charge in [0.05, 0.1) is 6.07 Å². The summed E-state index contributed by atoms with van der Waals surface area (Å²) in [7, 11) is 0. The highest BCUT2D eigenvalue weighted by Crippen LogP contribution is 2.12. The first-order valence-electron chi connectivity index (χ1n) is 8.70. The van der Waals surface area contributed by atoms with Gasteiger partial charge in [-0.15, -0.1) is 0 Å². The molecule has 0 amide bonds. The molecular weight excluding hydrogens is 246 g/mol. The van der Waals surface area contributed by atoms with Crippen molar-refractivity contribution in [3.05, 3.63) is 0 Å². The number of unbranched alkanes of at least 4 members (excludes halogenated alkanes) is 11. The van der Waals surface area contributed by atoms with Crippen molar-refractivity contribution in [3.8, 4) is 6.07 Å². The van der Waals surface area contributed by atoms with Crippen LogP contribution in [0.4, 0.5) is 0 Å². The normalized spacial score (nSPS) is 10.4. The van der Waals surface area contributed by atoms with Crippen molar-refractivity contribution in [3.63, 3.8) is 0 Å². The molecule has 0 saturated carbocycles. The van der Waals surface area contributed by atoms with Gasteiger partial charge in [-0.05, 0) is 19.3 Å². The lowest BCUT2D eigenvalue weighted by molar-refractivity contribution is -0.119. The van der Waals surface area contributed by atoms with Crippen LogP contribution in [0.25, 0.3) is 0 Å². The van der Waals surface area contributed by atoms with Crippen molar-refractivity contribution < 1.29 is 4.79 Å². The van der Waals surface area contributed by atoms with Crippen LogP contribution >= 0.6 is 0 Å². The molecule has 2 heteroatoms. The highest BCUT2D eigenvalue weighted by molar-refractivity contribution is 5.78. The number of hydrogen-bond donors (Lipinski definition) is 0. The molecule has 0 aliphatic rings. The van der Waals surface area contributed by atoms with Crippen LogP contribution in [0.15, 0.2) is 0 Å². The molecule has 0 aliphatic carbocycles. The molecule has 0 aromatic rings. The Morgan fingerprint density at radius 3 is 1.70 bits per heavy atom. The van der Waals surface area contributed by atoms with Crippen LogP contribution in [-0.4, -0.2) is 5.78 Å². The van der Waals surface area contributed by atoms with Crippen molar-refractivity contribution in [1.29, 1.82) is 5.26 Å². The molecule has 0 bridgehead atoms. The Bertz CT molecular complexity index is 255. The second kappa shape index (κ2) is 16.2. The van der Waals surface area contributed by atoms with E-state index in [0.717, 1.165) is 32.1 Å². The molecule has 0 saturated heterocycles. The number of carbonyl (C=O) groups is 1. The molecule has 0 radical (unpaired) electrons. The lowest BCUT2D eigenvalue weighted by atomic mass is 10.0. The molecule has 0 rings (SSSR count). The van der Waals surface area contributed by atoms with Gasteiger partial charge < -0.3 is 0 Å². The maximum Gasteiger partial charge on any atom is 0.132 e. The molecule has 0 atom stereocenters. The molecular formula is C18H33NO. The fraction of sp³-hybridized carbons (Fsp3) is 0.889. The Morgan fingerprint density at radius 2 is 1.20 bits per heavy atom. The molecule has 20 heavy (non-hydrogen) atoms. The third-order valence-electron chi connectivity index (χ3n) is 3.80. The van der Waals surface area contributed by atoms with Crippen molar-refractivity contribution in [1.82, 2.24) is 0 Å². The third-order valence-corrected chi connectivity index (χ3v) is 3.80. The number of Topliss-reactive ketones (excluding diaryl/α,β-unsaturated/α-hetero) is 1. The van der Waals surface area contributed by atoms with Gasteiger partial charge in [0.2, 0.25) is 0 Å². The van der Waals surface area contributed by atoms with Crippen LogP contribution in [-0.2, 0) is 4.79 Å². The summed E-state index contributed by atoms with van der Waals surface area (Å²) in [5.41, 5.74) is 0. The molecule has 0 aromatic carbocycles. The van der Waals surface area contributed by atoms with Gasteiger partial charge in [-0.25, -0.2) is 0 Å². The van der Waals surface area contributed by atoms with E-state index in [4.69, 9.17) is 5.26 Å². The summed E-state index contributed by atoms with van der Waals surface area (Å²) in [4.78, 5) is 11.6. The van der Waals surface area contributed by atoms with Crippen LogP contribution < -0.4 is 0 Å². The summed E-state index contributed by atoms with van der Waals surface area (Å²) in [6, 6.07) is 2.19. The summed E-state index contributed by atoms with van der Waals surface area (Å²) in [6.07, 6.45) is 16.8. The van der Waals surface area contributed by atoms with Gasteiger partial charge in [-0.2, -0.15) is 5.26 Å². The van der Waals surface area contributed by atoms with E-state index in [1.807, 2.05) is 0 Å². The van der Waals surface area contributed by atoms with Crippen molar-refractivity contribution in [2.45, 2.75) is 103 Å². The number of nitriles is 1. The standard InChI is InChI=1S/C18H33NO/c1-2-3-4-12-15-18(20)16-13-10-8-6-5-7-9-11-14-17-19/h2-16H2,1H3. The van der Waals surface area contributed by atoms with Gasteiger partial charge in [0.1, 0.15) is 5.78 Å². The monoisotopic (exact) mass is 279 g/mol. The maximum absolute atomic E-state index is 11.6. The lowest BCUT2D eigenvalue weighted by Gasteiger charge is -2.02. The first-order valence-corrected chi connectivity index (χ1v) is 8.70. The zero-order valence-corrected chi connectivity index (χ0v) is 13.5. The summed E-state index contributed by atoms with van der Waals surface area (Å²) in [6.45, 7) is 2.20. The van der Waals surface area contributed by atoms with Gasteiger partial charge in [0.25, 0.3) is 0 Å². The predicted octanol–water partition coefficient (Wildman–Crippen LogP) is 5.95. The molecule has 116 valence electrons. The van der Waals surface area contributed by atoms with E-state index in [9.17, 15) is 4.79 Å². The highest BCUT2D eigenvalue weighted by atomic mass is 16.1. The fourth-order valence-electron chi connectivity index (χ4n) is 2.46. The minimum atomic E-state index is 0.470. The van der Waals surface area contributed by atoms with Gasteiger partial charge in [0, 0.05) is 19.3 Å². The molecule has 0 aromatic heterocycles. The van der Waals surface area contributed by atoms with Crippen molar-refractivity contribution >= 4 is 5.78 Å². The summed E-state index contributed by atoms with van der Waals surface area (Å²) >= 11 is 0. The molecule has 0 N–H and O–H groups in total. The van der Waals surface area contributed by atoms with Crippen molar-refractivity contribution in [2.75, 3.05) is 0 Å². The number of carbonyl (C=O) groups excluding carboxylic acids is 1. The minimum absolute atomic E-state index is 0.470. The Balaban J connectivity index is 3.11. The van der Waals surface area contributed by atoms with Gasteiger partial charge >= 0.3 is 0 Å². The summed E-state index contributed by atoms with van der Waals surface area (Å²) < 4.78 is 0. The maximum atomic E-state index is 11.6. The van der Waals surface area contributed by atoms with E-state index < -0.39 is 0 Å². The second-order valence-corrected chi connectivity index (χ2v) is 5.84. The molecule has 2 nitrogen and oxygen atoms in total. The largest absolute Gasteiger partial charge is 0.300 e. The molecule has 0 unspecified atom stereocenters. The topological polar surface area (TPSA) is 40.9 Å². The Morgan fingerprint density at radius 1 is 0.750 bits per heavy atom. The van der Waals surface area contributed by atoms with Gasteiger partial charge in [0.15, 0.2) is 0 Å². The first kappa shape index (κ1) is 19.2. The number of nitrogens with zero attached hydrogens (tertiary/aromatic N) is 1. The molecule has 0 heterocycles. The number of hydrogen-bond acceptors (Lipinski definition) is 2. The SMILES string of the molecule is CCCCCCC(=O)CCCCCCCCCCC#N. The van der Waals surface area contributed by atoms with Crippen LogP contribution in [0.1, 0.15) is 103 Å². The minimum Gasteiger partial charge on any atom is -0.300 e. The Kier molecular flexibility index (Phi) is 15.5. The summed E-state index contributed by atoms with van der Waals surface area (Å²) in [5.74, 6) is 0.470. The van der Waals surface area contributed by atoms with E-state index in [2.05, 4.69) is 13.0 Å². The highest BCUT2D eigenvalue weighted by Gasteiger charge is 2.01. The van der Waals surface area contributed by atoms with E-state index >= 15 is 0 Å². The fourth-order valence-corrected chi connectivity index (χ4v) is 2.46. The zero-order valence-electron chi connectivity index (χ0n) is 13.5. The van der Waals surface area contributed by atoms with Gasteiger partial charge in [-0.1, -0.05) is 64.7 Å². The third kappa shape index (κ3) is 15.2. The number of rotatable bonds is 15. The van der Waals surface area contributed by atoms with Crippen LogP contribution in [0.5, 0.6) is 0 Å². The van der Waals surface area contributed by atoms with Crippen molar-refractivity contribution in [2.24, 2.45) is 0 Å². The van der Waals surface area contributed by atoms with Crippen LogP contribution in [0.3, 0.4) is 0 Å². The van der Waals surface area contributed by atoms with E-state index in [-0.39, 0.29) is 0 Å². The number of ketones is 1. The van der Waals surface area contributed by atoms with E-state index in [1.165, 1.54) is 57.8 Å². The van der Waals surface area contributed by atoms with E-state index in [1.54, 1.807) is 0 Å². The zero-order chi connectivity index (χ0) is 14.9. The van der Waals surface area contributed by atoms with E-state index in [0.29, 0.717) is 12.2 Å². The molecule has 0 spiro atoms.